The Hall–Kier alpha value is -1.02. The van der Waals surface area contributed by atoms with Crippen molar-refractivity contribution in [3.63, 3.8) is 0 Å². The predicted molar refractivity (Wildman–Crippen MR) is 247 cm³/mol. The van der Waals surface area contributed by atoms with Crippen LogP contribution in [0.15, 0.2) is 24.3 Å². The Bertz CT molecular complexity index is 1000. The summed E-state index contributed by atoms with van der Waals surface area (Å²) in [7, 11) is 1.27. The molecule has 9 heteroatoms. The van der Waals surface area contributed by atoms with E-state index in [0.717, 1.165) is 38.5 Å². The van der Waals surface area contributed by atoms with Crippen LogP contribution in [-0.4, -0.2) is 68.5 Å². The van der Waals surface area contributed by atoms with Gasteiger partial charge in [0, 0.05) is 6.42 Å². The van der Waals surface area contributed by atoms with Crippen molar-refractivity contribution in [3.8, 4) is 0 Å². The lowest BCUT2D eigenvalue weighted by molar-refractivity contribution is -0.870. The molecule has 0 aromatic rings. The lowest BCUT2D eigenvalue weighted by atomic mass is 10.0. The van der Waals surface area contributed by atoms with E-state index in [1.54, 1.807) is 6.08 Å². The van der Waals surface area contributed by atoms with Crippen molar-refractivity contribution in [2.24, 2.45) is 0 Å². The fraction of sp³-hybridized carbons (Fsp3) is 0.898. The Kier molecular flexibility index (Phi) is 40.6. The number of nitrogens with zero attached hydrogens (tertiary/aromatic N) is 1. The molecule has 1 amide bonds. The van der Waals surface area contributed by atoms with Crippen LogP contribution >= 0.6 is 7.82 Å². The molecule has 0 heterocycles. The number of phosphoric acid groups is 1. The van der Waals surface area contributed by atoms with Crippen LogP contribution in [0.1, 0.15) is 232 Å². The summed E-state index contributed by atoms with van der Waals surface area (Å²) in [5, 5.41) is 13.8. The monoisotopic (exact) mass is 841 g/mol. The Morgan fingerprint density at radius 2 is 0.948 bits per heavy atom. The normalized spacial score (nSPS) is 14.4. The molecule has 0 saturated carbocycles. The molecule has 0 fully saturated rings. The minimum absolute atomic E-state index is 0.000260. The molecule has 0 aliphatic heterocycles. The molecule has 0 aromatic carbocycles. The maximum absolute atomic E-state index is 12.9. The summed E-state index contributed by atoms with van der Waals surface area (Å²) < 4.78 is 23.2. The predicted octanol–water partition coefficient (Wildman–Crippen LogP) is 13.5. The Morgan fingerprint density at radius 3 is 1.34 bits per heavy atom. The average molecular weight is 841 g/mol. The molecule has 58 heavy (non-hydrogen) atoms. The number of aliphatic hydroxyl groups is 1. The van der Waals surface area contributed by atoms with E-state index in [1.165, 1.54) is 173 Å². The number of aliphatic hydroxyl groups excluding tert-OH is 1. The Morgan fingerprint density at radius 1 is 0.586 bits per heavy atom. The number of likely N-dealkylation sites (N-methyl/N-ethyl adjacent to an activating group) is 1. The number of amides is 1. The highest BCUT2D eigenvalue weighted by Crippen LogP contribution is 2.38. The van der Waals surface area contributed by atoms with E-state index in [4.69, 9.17) is 9.05 Å². The topological polar surface area (TPSA) is 108 Å². The first-order valence-corrected chi connectivity index (χ1v) is 26.2. The Balaban J connectivity index is 4.24. The van der Waals surface area contributed by atoms with E-state index in [9.17, 15) is 19.4 Å². The number of carbonyl (C=O) groups is 1. The van der Waals surface area contributed by atoms with Gasteiger partial charge in [0.1, 0.15) is 13.2 Å². The summed E-state index contributed by atoms with van der Waals surface area (Å²) in [5.74, 6) is -0.197. The number of rotatable bonds is 45. The summed E-state index contributed by atoms with van der Waals surface area (Å²) in [5.41, 5.74) is 0. The largest absolute Gasteiger partial charge is 0.756 e. The first-order valence-electron chi connectivity index (χ1n) is 24.7. The molecule has 0 rings (SSSR count). The summed E-state index contributed by atoms with van der Waals surface area (Å²) in [6.07, 6.45) is 49.4. The number of phosphoric ester groups is 1. The summed E-state index contributed by atoms with van der Waals surface area (Å²) >= 11 is 0. The molecule has 0 aliphatic carbocycles. The van der Waals surface area contributed by atoms with Crippen LogP contribution in [-0.2, 0) is 18.4 Å². The molecular weight excluding hydrogens is 744 g/mol. The third kappa shape index (κ3) is 43.1. The standard InChI is InChI=1S/C49H97N2O6P/c1-6-8-10-12-14-16-18-20-21-22-23-24-25-26-27-28-29-31-33-35-37-39-41-43-49(53)50-47(46-57-58(54,55)56-45-44-51(3,4)5)48(52)42-40-38-36-34-32-30-19-17-15-13-11-9-7-2/h22-23,40,42,47-48,52H,6-21,24-39,41,43-46H2,1-5H3,(H-,50,53,54,55)/b23-22-,42-40+. The summed E-state index contributed by atoms with van der Waals surface area (Å²) in [6.45, 7) is 4.65. The molecule has 0 aliphatic rings. The van der Waals surface area contributed by atoms with Crippen molar-refractivity contribution in [2.75, 3.05) is 40.9 Å². The van der Waals surface area contributed by atoms with E-state index in [-0.39, 0.29) is 19.1 Å². The molecule has 344 valence electrons. The molecule has 3 atom stereocenters. The fourth-order valence-corrected chi connectivity index (χ4v) is 7.93. The molecule has 2 N–H and O–H groups in total. The van der Waals surface area contributed by atoms with E-state index >= 15 is 0 Å². The Labute approximate surface area is 360 Å². The second kappa shape index (κ2) is 41.3. The van der Waals surface area contributed by atoms with E-state index in [2.05, 4.69) is 31.3 Å². The SMILES string of the molecule is CCCCCCCCCC/C=C\CCCCCCCCCCCCCC(=O)NC(COP(=O)([O-])OCC[N+](C)(C)C)C(O)/C=C/CCCCCCCCCCCCC. The highest BCUT2D eigenvalue weighted by Gasteiger charge is 2.23. The van der Waals surface area contributed by atoms with Gasteiger partial charge in [0.15, 0.2) is 0 Å². The minimum atomic E-state index is -4.59. The number of nitrogens with one attached hydrogen (secondary N) is 1. The zero-order valence-electron chi connectivity index (χ0n) is 39.0. The van der Waals surface area contributed by atoms with Gasteiger partial charge in [-0.25, -0.2) is 0 Å². The van der Waals surface area contributed by atoms with Gasteiger partial charge >= 0.3 is 0 Å². The van der Waals surface area contributed by atoms with Crippen LogP contribution in [0.2, 0.25) is 0 Å². The highest BCUT2D eigenvalue weighted by molar-refractivity contribution is 7.45. The number of unbranched alkanes of at least 4 members (excludes halogenated alkanes) is 30. The third-order valence-electron chi connectivity index (χ3n) is 11.2. The molecule has 8 nitrogen and oxygen atoms in total. The van der Waals surface area contributed by atoms with E-state index in [0.29, 0.717) is 17.4 Å². The fourth-order valence-electron chi connectivity index (χ4n) is 7.21. The second-order valence-corrected chi connectivity index (χ2v) is 19.6. The van der Waals surface area contributed by atoms with Crippen LogP contribution in [0.3, 0.4) is 0 Å². The van der Waals surface area contributed by atoms with Crippen molar-refractivity contribution in [3.05, 3.63) is 24.3 Å². The van der Waals surface area contributed by atoms with Crippen molar-refractivity contribution in [2.45, 2.75) is 244 Å². The lowest BCUT2D eigenvalue weighted by Gasteiger charge is -2.29. The van der Waals surface area contributed by atoms with E-state index < -0.39 is 20.0 Å². The first-order chi connectivity index (χ1) is 28.0. The molecule has 0 saturated heterocycles. The average Bonchev–Trinajstić information content (AvgIpc) is 3.17. The molecule has 0 radical (unpaired) electrons. The third-order valence-corrected chi connectivity index (χ3v) is 12.1. The van der Waals surface area contributed by atoms with Gasteiger partial charge in [0.2, 0.25) is 5.91 Å². The highest BCUT2D eigenvalue weighted by atomic mass is 31.2. The number of allylic oxidation sites excluding steroid dienone is 3. The number of quaternary nitrogens is 1. The maximum atomic E-state index is 12.9. The van der Waals surface area contributed by atoms with E-state index in [1.807, 2.05) is 27.2 Å². The van der Waals surface area contributed by atoms with Gasteiger partial charge in [-0.3, -0.25) is 9.36 Å². The van der Waals surface area contributed by atoms with Gasteiger partial charge in [0.05, 0.1) is 39.9 Å². The summed E-state index contributed by atoms with van der Waals surface area (Å²) in [6, 6.07) is -0.883. The zero-order chi connectivity index (χ0) is 42.8. The van der Waals surface area contributed by atoms with Gasteiger partial charge < -0.3 is 28.8 Å². The van der Waals surface area contributed by atoms with Crippen LogP contribution in [0.5, 0.6) is 0 Å². The zero-order valence-corrected chi connectivity index (χ0v) is 39.9. The number of hydrogen-bond donors (Lipinski definition) is 2. The molecule has 0 spiro atoms. The van der Waals surface area contributed by atoms with Crippen molar-refractivity contribution in [1.82, 2.24) is 5.32 Å². The summed E-state index contributed by atoms with van der Waals surface area (Å²) in [4.78, 5) is 25.3. The van der Waals surface area contributed by atoms with Crippen LogP contribution in [0.4, 0.5) is 0 Å². The van der Waals surface area contributed by atoms with Gasteiger partial charge in [0.25, 0.3) is 7.82 Å². The van der Waals surface area contributed by atoms with Crippen molar-refractivity contribution >= 4 is 13.7 Å². The molecule has 3 unspecified atom stereocenters. The van der Waals surface area contributed by atoms with Gasteiger partial charge in [-0.05, 0) is 44.9 Å². The quantitative estimate of drug-likeness (QED) is 0.0274. The van der Waals surface area contributed by atoms with Gasteiger partial charge in [-0.15, -0.1) is 0 Å². The van der Waals surface area contributed by atoms with Crippen LogP contribution < -0.4 is 10.2 Å². The smallest absolute Gasteiger partial charge is 0.268 e. The van der Waals surface area contributed by atoms with Crippen LogP contribution in [0, 0.1) is 0 Å². The minimum Gasteiger partial charge on any atom is -0.756 e. The van der Waals surface area contributed by atoms with Crippen molar-refractivity contribution in [1.29, 1.82) is 0 Å². The number of hydrogen-bond acceptors (Lipinski definition) is 6. The first kappa shape index (κ1) is 57.0. The molecular formula is C49H97N2O6P. The number of carbonyl (C=O) groups excluding carboxylic acids is 1. The van der Waals surface area contributed by atoms with Crippen molar-refractivity contribution < 1.29 is 32.9 Å². The van der Waals surface area contributed by atoms with Crippen LogP contribution in [0.25, 0.3) is 0 Å². The molecule has 0 aromatic heterocycles. The van der Waals surface area contributed by atoms with Gasteiger partial charge in [-0.1, -0.05) is 205 Å². The van der Waals surface area contributed by atoms with Gasteiger partial charge in [-0.2, -0.15) is 0 Å². The lowest BCUT2D eigenvalue weighted by Crippen LogP contribution is -2.45. The second-order valence-electron chi connectivity index (χ2n) is 18.2. The molecule has 0 bridgehead atoms. The maximum Gasteiger partial charge on any atom is 0.268 e.